The maximum Gasteiger partial charge on any atom is 0.341 e. The quantitative estimate of drug-likeness (QED) is 0.314. The predicted octanol–water partition coefficient (Wildman–Crippen LogP) is 4.58. The van der Waals surface area contributed by atoms with Crippen molar-refractivity contribution in [2.24, 2.45) is 0 Å². The average Bonchev–Trinajstić information content (AvgIpc) is 3.35. The molecule has 0 N–H and O–H groups in total. The van der Waals surface area contributed by atoms with Gasteiger partial charge in [-0.15, -0.1) is 0 Å². The van der Waals surface area contributed by atoms with Crippen LogP contribution < -0.4 is 9.47 Å². The molecule has 2 aliphatic heterocycles. The van der Waals surface area contributed by atoms with Gasteiger partial charge in [-0.05, 0) is 56.3 Å². The second-order valence-electron chi connectivity index (χ2n) is 9.99. The fourth-order valence-corrected chi connectivity index (χ4v) is 5.47. The third-order valence-electron chi connectivity index (χ3n) is 7.58. The van der Waals surface area contributed by atoms with E-state index in [0.29, 0.717) is 48.4 Å². The lowest BCUT2D eigenvalue weighted by Gasteiger charge is -2.31. The first-order valence-electron chi connectivity index (χ1n) is 13.3. The fraction of sp³-hybridized carbons (Fsp3) is 0.333. The lowest BCUT2D eigenvalue weighted by Crippen LogP contribution is -2.34. The van der Waals surface area contributed by atoms with Crippen molar-refractivity contribution in [3.8, 4) is 17.7 Å². The van der Waals surface area contributed by atoms with Crippen molar-refractivity contribution in [1.82, 2.24) is 19.4 Å². The second-order valence-corrected chi connectivity index (χ2v) is 9.99. The molecule has 10 heteroatoms. The minimum Gasteiger partial charge on any atom is -0.489 e. The van der Waals surface area contributed by atoms with E-state index in [0.717, 1.165) is 48.5 Å². The molecule has 1 fully saturated rings. The van der Waals surface area contributed by atoms with Crippen LogP contribution in [0.1, 0.15) is 51.8 Å². The van der Waals surface area contributed by atoms with Crippen LogP contribution in [0, 0.1) is 17.1 Å². The molecule has 4 heterocycles. The number of halogens is 1. The molecule has 0 radical (unpaired) electrons. The van der Waals surface area contributed by atoms with Crippen LogP contribution in [0.4, 0.5) is 4.39 Å². The number of aromatic nitrogens is 3. The number of hydrogen-bond donors (Lipinski definition) is 0. The summed E-state index contributed by atoms with van der Waals surface area (Å²) in [6.45, 7) is 3.70. The zero-order valence-corrected chi connectivity index (χ0v) is 22.1. The summed E-state index contributed by atoms with van der Waals surface area (Å²) in [5.41, 5.74) is 3.71. The van der Waals surface area contributed by atoms with Crippen molar-refractivity contribution >= 4 is 17.0 Å². The first-order valence-corrected chi connectivity index (χ1v) is 13.3. The molecule has 1 saturated heterocycles. The number of benzene rings is 2. The smallest absolute Gasteiger partial charge is 0.341 e. The van der Waals surface area contributed by atoms with E-state index in [1.807, 2.05) is 24.3 Å². The lowest BCUT2D eigenvalue weighted by molar-refractivity contribution is 0.0595. The summed E-state index contributed by atoms with van der Waals surface area (Å²) in [6, 6.07) is 15.6. The van der Waals surface area contributed by atoms with E-state index < -0.39 is 11.8 Å². The molecule has 2 aliphatic rings. The summed E-state index contributed by atoms with van der Waals surface area (Å²) < 4.78 is 32.9. The highest BCUT2D eigenvalue weighted by Crippen LogP contribution is 2.35. The van der Waals surface area contributed by atoms with Gasteiger partial charge in [-0.3, -0.25) is 4.90 Å². The Morgan fingerprint density at radius 1 is 1.15 bits per heavy atom. The van der Waals surface area contributed by atoms with E-state index >= 15 is 0 Å². The van der Waals surface area contributed by atoms with Crippen LogP contribution in [0.3, 0.4) is 0 Å². The maximum atomic E-state index is 14.2. The summed E-state index contributed by atoms with van der Waals surface area (Å²) in [7, 11) is 1.37. The van der Waals surface area contributed by atoms with Crippen molar-refractivity contribution in [2.45, 2.75) is 38.5 Å². The molecule has 9 nitrogen and oxygen atoms in total. The van der Waals surface area contributed by atoms with Gasteiger partial charge in [0.15, 0.2) is 5.75 Å². The van der Waals surface area contributed by atoms with Crippen LogP contribution >= 0.6 is 0 Å². The Morgan fingerprint density at radius 2 is 2.00 bits per heavy atom. The normalized spacial score (nSPS) is 15.4. The molecule has 6 rings (SSSR count). The zero-order chi connectivity index (χ0) is 27.6. The number of carbonyl (C=O) groups is 1. The van der Waals surface area contributed by atoms with E-state index in [1.165, 1.54) is 13.2 Å². The van der Waals surface area contributed by atoms with Gasteiger partial charge in [-0.2, -0.15) is 5.26 Å². The number of esters is 1. The van der Waals surface area contributed by atoms with E-state index in [1.54, 1.807) is 24.3 Å². The Labute approximate surface area is 230 Å². The van der Waals surface area contributed by atoms with Crippen LogP contribution in [0.2, 0.25) is 0 Å². The number of methoxy groups -OCH3 is 1. The number of imidazole rings is 1. The van der Waals surface area contributed by atoms with E-state index in [4.69, 9.17) is 29.4 Å². The lowest BCUT2D eigenvalue weighted by atomic mass is 9.93. The number of likely N-dealkylation sites (tertiary alicyclic amines) is 1. The van der Waals surface area contributed by atoms with Crippen LogP contribution in [0.5, 0.6) is 11.6 Å². The van der Waals surface area contributed by atoms with E-state index in [-0.39, 0.29) is 12.2 Å². The molecule has 2 aromatic heterocycles. The molecule has 0 unspecified atom stereocenters. The van der Waals surface area contributed by atoms with Crippen molar-refractivity contribution < 1.29 is 23.4 Å². The second kappa shape index (κ2) is 10.9. The van der Waals surface area contributed by atoms with E-state index in [9.17, 15) is 9.18 Å². The molecule has 0 amide bonds. The number of pyridine rings is 1. The number of rotatable bonds is 7. The van der Waals surface area contributed by atoms with Gasteiger partial charge in [-0.25, -0.2) is 19.2 Å². The third kappa shape index (κ3) is 4.96. The van der Waals surface area contributed by atoms with Crippen LogP contribution in [0.25, 0.3) is 11.0 Å². The highest BCUT2D eigenvalue weighted by Gasteiger charge is 2.27. The number of hydrogen-bond acceptors (Lipinski definition) is 8. The van der Waals surface area contributed by atoms with Gasteiger partial charge in [0.1, 0.15) is 35.9 Å². The summed E-state index contributed by atoms with van der Waals surface area (Å²) in [5.74, 6) is 1.38. The summed E-state index contributed by atoms with van der Waals surface area (Å²) >= 11 is 0. The molecule has 0 atom stereocenters. The topological polar surface area (TPSA) is 102 Å². The van der Waals surface area contributed by atoms with Gasteiger partial charge >= 0.3 is 5.97 Å². The molecular weight excluding hydrogens is 513 g/mol. The molecular formula is C30H28FN5O4. The van der Waals surface area contributed by atoms with E-state index in [2.05, 4.69) is 9.47 Å². The first kappa shape index (κ1) is 25.8. The standard InChI is InChI=1S/C30H28FN5O4/c1-38-30(37)22-7-8-25-28-29(22)39-14-13-36(28)26(33-25)17-35-11-9-20(10-12-35)24-3-2-4-27(34-24)40-18-21-6-5-19(16-32)15-23(21)31/h2-8,15,20H,9-14,17-18H2,1H3. The molecule has 0 spiro atoms. The fourth-order valence-electron chi connectivity index (χ4n) is 5.47. The first-order chi connectivity index (χ1) is 19.5. The number of nitriles is 1. The van der Waals surface area contributed by atoms with Gasteiger partial charge in [0.2, 0.25) is 5.88 Å². The SMILES string of the molecule is COC(=O)c1ccc2nc(CN3CCC(c4cccc(OCc5ccc(C#N)cc5F)n4)CC3)n3c2c1OCC3. The molecule has 204 valence electrons. The monoisotopic (exact) mass is 541 g/mol. The number of ether oxygens (including phenoxy) is 3. The summed E-state index contributed by atoms with van der Waals surface area (Å²) in [4.78, 5) is 24.2. The minimum atomic E-state index is -0.463. The summed E-state index contributed by atoms with van der Waals surface area (Å²) in [6.07, 6.45) is 1.89. The predicted molar refractivity (Wildman–Crippen MR) is 144 cm³/mol. The highest BCUT2D eigenvalue weighted by molar-refractivity contribution is 5.99. The molecule has 0 bridgehead atoms. The Bertz CT molecular complexity index is 1620. The minimum absolute atomic E-state index is 0.0430. The molecule has 2 aromatic carbocycles. The van der Waals surface area contributed by atoms with Gasteiger partial charge in [0, 0.05) is 23.2 Å². The van der Waals surface area contributed by atoms with Crippen molar-refractivity contribution in [3.63, 3.8) is 0 Å². The zero-order valence-electron chi connectivity index (χ0n) is 22.1. The Kier molecular flexibility index (Phi) is 7.05. The average molecular weight is 542 g/mol. The molecule has 0 saturated carbocycles. The molecule has 4 aromatic rings. The van der Waals surface area contributed by atoms with Gasteiger partial charge < -0.3 is 18.8 Å². The van der Waals surface area contributed by atoms with Crippen molar-refractivity contribution in [1.29, 1.82) is 5.26 Å². The Hall–Kier alpha value is -4.49. The Balaban J connectivity index is 1.10. The van der Waals surface area contributed by atoms with Crippen molar-refractivity contribution in [2.75, 3.05) is 26.8 Å². The number of carbonyl (C=O) groups excluding carboxylic acids is 1. The number of nitrogens with zero attached hydrogens (tertiary/aromatic N) is 5. The summed E-state index contributed by atoms with van der Waals surface area (Å²) in [5, 5.41) is 8.92. The van der Waals surface area contributed by atoms with Crippen LogP contribution in [-0.2, 0) is 24.4 Å². The highest BCUT2D eigenvalue weighted by atomic mass is 19.1. The largest absolute Gasteiger partial charge is 0.489 e. The van der Waals surface area contributed by atoms with Gasteiger partial charge in [0.05, 0.1) is 37.3 Å². The van der Waals surface area contributed by atoms with Crippen molar-refractivity contribution in [3.05, 3.63) is 82.6 Å². The number of piperidine rings is 1. The van der Waals surface area contributed by atoms with Crippen LogP contribution in [0.15, 0.2) is 48.5 Å². The van der Waals surface area contributed by atoms with Crippen LogP contribution in [-0.4, -0.2) is 52.2 Å². The third-order valence-corrected chi connectivity index (χ3v) is 7.58. The maximum absolute atomic E-state index is 14.2. The van der Waals surface area contributed by atoms with Gasteiger partial charge in [-0.1, -0.05) is 12.1 Å². The molecule has 0 aliphatic carbocycles. The Morgan fingerprint density at radius 3 is 2.77 bits per heavy atom. The molecule has 40 heavy (non-hydrogen) atoms. The van der Waals surface area contributed by atoms with Gasteiger partial charge in [0.25, 0.3) is 0 Å².